The van der Waals surface area contributed by atoms with Gasteiger partial charge in [-0.2, -0.15) is 4.98 Å². The molecule has 202 valence electrons. The van der Waals surface area contributed by atoms with Crippen LogP contribution in [0.5, 0.6) is 0 Å². The van der Waals surface area contributed by atoms with Crippen molar-refractivity contribution in [3.8, 4) is 11.1 Å². The highest BCUT2D eigenvalue weighted by molar-refractivity contribution is 5.75. The predicted octanol–water partition coefficient (Wildman–Crippen LogP) is 6.30. The zero-order chi connectivity index (χ0) is 26.7. The van der Waals surface area contributed by atoms with Gasteiger partial charge >= 0.3 is 0 Å². The molecule has 0 radical (unpaired) electrons. The van der Waals surface area contributed by atoms with Gasteiger partial charge in [0.2, 0.25) is 5.95 Å². The van der Waals surface area contributed by atoms with E-state index in [9.17, 15) is 17.6 Å². The summed E-state index contributed by atoms with van der Waals surface area (Å²) in [6.07, 6.45) is 7.54. The molecule has 9 heteroatoms. The molecule has 0 spiro atoms. The molecule has 0 atom stereocenters. The fourth-order valence-electron chi connectivity index (χ4n) is 6.10. The van der Waals surface area contributed by atoms with Gasteiger partial charge in [-0.15, -0.1) is 0 Å². The highest BCUT2D eigenvalue weighted by Crippen LogP contribution is 2.33. The van der Waals surface area contributed by atoms with Crippen LogP contribution in [-0.4, -0.2) is 53.2 Å². The number of hydrogen-bond acceptors (Lipinski definition) is 4. The molecule has 0 aliphatic carbocycles. The summed E-state index contributed by atoms with van der Waals surface area (Å²) in [7, 11) is 0. The summed E-state index contributed by atoms with van der Waals surface area (Å²) in [5.74, 6) is -1.96. The summed E-state index contributed by atoms with van der Waals surface area (Å²) in [6, 6.07) is 7.31. The normalized spacial score (nSPS) is 18.0. The molecule has 0 bridgehead atoms. The number of hydrogen-bond donors (Lipinski definition) is 1. The number of rotatable bonds is 7. The van der Waals surface area contributed by atoms with Crippen molar-refractivity contribution in [3.05, 3.63) is 71.4 Å². The molecule has 2 fully saturated rings. The van der Waals surface area contributed by atoms with E-state index in [2.05, 4.69) is 22.1 Å². The lowest BCUT2D eigenvalue weighted by molar-refractivity contribution is -0.954. The highest BCUT2D eigenvalue weighted by Gasteiger charge is 2.39. The summed E-state index contributed by atoms with van der Waals surface area (Å²) in [5.41, 5.74) is 0.721. The van der Waals surface area contributed by atoms with Crippen molar-refractivity contribution in [1.29, 1.82) is 0 Å². The van der Waals surface area contributed by atoms with Gasteiger partial charge in [-0.3, -0.25) is 0 Å². The summed E-state index contributed by atoms with van der Waals surface area (Å²) < 4.78 is 57.1. The number of likely N-dealkylation sites (tertiary alicyclic amines) is 1. The van der Waals surface area contributed by atoms with Gasteiger partial charge in [-0.05, 0) is 44.4 Å². The third-order valence-corrected chi connectivity index (χ3v) is 8.32. The first-order valence-corrected chi connectivity index (χ1v) is 13.5. The van der Waals surface area contributed by atoms with E-state index < -0.39 is 23.3 Å². The molecule has 2 saturated heterocycles. The van der Waals surface area contributed by atoms with Crippen molar-refractivity contribution < 1.29 is 22.0 Å². The fraction of sp³-hybridized carbons (Fsp3) is 0.448. The van der Waals surface area contributed by atoms with Crippen LogP contribution in [-0.2, 0) is 6.54 Å². The van der Waals surface area contributed by atoms with Crippen molar-refractivity contribution in [1.82, 2.24) is 9.97 Å². The van der Waals surface area contributed by atoms with E-state index >= 15 is 0 Å². The van der Waals surface area contributed by atoms with E-state index in [1.807, 2.05) is 0 Å². The van der Waals surface area contributed by atoms with E-state index in [0.29, 0.717) is 23.4 Å². The lowest BCUT2D eigenvalue weighted by Gasteiger charge is -2.49. The van der Waals surface area contributed by atoms with Crippen LogP contribution in [0.4, 0.5) is 29.3 Å². The Bertz CT molecular complexity index is 1270. The average Bonchev–Trinajstić information content (AvgIpc) is 2.93. The Balaban J connectivity index is 1.39. The number of halogens is 4. The first-order valence-electron chi connectivity index (χ1n) is 13.5. The lowest BCUT2D eigenvalue weighted by atomic mass is 9.96. The van der Waals surface area contributed by atoms with Crippen molar-refractivity contribution in [3.63, 3.8) is 0 Å². The quantitative estimate of drug-likeness (QED) is 0.289. The van der Waals surface area contributed by atoms with Gasteiger partial charge in [0.05, 0.1) is 25.7 Å². The van der Waals surface area contributed by atoms with Crippen LogP contribution in [0.15, 0.2) is 42.6 Å². The molecular weight excluding hydrogens is 494 g/mol. The Hall–Kier alpha value is -3.20. The Morgan fingerprint density at radius 2 is 1.58 bits per heavy atom. The summed E-state index contributed by atoms with van der Waals surface area (Å²) in [6.45, 7) is 7.62. The Morgan fingerprint density at radius 1 is 0.895 bits per heavy atom. The molecule has 5 rings (SSSR count). The fourth-order valence-corrected chi connectivity index (χ4v) is 6.10. The number of benzene rings is 2. The number of anilines is 2. The van der Waals surface area contributed by atoms with E-state index in [1.54, 1.807) is 0 Å². The van der Waals surface area contributed by atoms with Gasteiger partial charge in [0, 0.05) is 67.5 Å². The first kappa shape index (κ1) is 26.4. The largest absolute Gasteiger partial charge is 0.365 e. The van der Waals surface area contributed by atoms with Crippen molar-refractivity contribution in [2.24, 2.45) is 0 Å². The van der Waals surface area contributed by atoms with Gasteiger partial charge in [-0.1, -0.05) is 6.07 Å². The molecule has 0 amide bonds. The SMILES string of the molecule is CC[N+]1(C2CCN(c3ncc(-c4ccc(F)cc4F)c(NCc4ccc(F)cc4F)n3)CC2)CCCCC1. The van der Waals surface area contributed by atoms with Crippen LogP contribution in [0.25, 0.3) is 11.1 Å². The van der Waals surface area contributed by atoms with Crippen LogP contribution < -0.4 is 10.2 Å². The second kappa shape index (κ2) is 11.3. The Labute approximate surface area is 221 Å². The summed E-state index contributed by atoms with van der Waals surface area (Å²) in [4.78, 5) is 11.4. The number of quaternary nitrogens is 1. The molecular formula is C29H34F4N5+. The Kier molecular flexibility index (Phi) is 7.83. The van der Waals surface area contributed by atoms with Crippen molar-refractivity contribution >= 4 is 11.8 Å². The predicted molar refractivity (Wildman–Crippen MR) is 141 cm³/mol. The monoisotopic (exact) mass is 528 g/mol. The molecule has 0 saturated carbocycles. The maximum absolute atomic E-state index is 14.7. The Morgan fingerprint density at radius 3 is 2.24 bits per heavy atom. The van der Waals surface area contributed by atoms with Gasteiger partial charge in [0.15, 0.2) is 0 Å². The van der Waals surface area contributed by atoms with Crippen LogP contribution in [0, 0.1) is 23.3 Å². The minimum Gasteiger partial charge on any atom is -0.365 e. The van der Waals surface area contributed by atoms with E-state index in [1.165, 1.54) is 67.3 Å². The molecule has 3 aromatic rings. The number of nitrogens with one attached hydrogen (secondary N) is 1. The standard InChI is InChI=1S/C29H34F4N5/c1-2-38(14-4-3-5-15-38)23-10-12-37(13-11-23)29-35-19-25(24-9-8-22(31)17-27(24)33)28(36-29)34-18-20-6-7-21(30)16-26(20)32/h6-9,16-17,19,23H,2-5,10-15,18H2,1H3,(H,34,35,36)/q+1. The van der Waals surface area contributed by atoms with Gasteiger partial charge in [0.1, 0.15) is 29.1 Å². The third kappa shape index (κ3) is 5.48. The third-order valence-electron chi connectivity index (χ3n) is 8.32. The maximum atomic E-state index is 14.7. The van der Waals surface area contributed by atoms with Gasteiger partial charge < -0.3 is 14.7 Å². The van der Waals surface area contributed by atoms with E-state index in [-0.39, 0.29) is 17.7 Å². The van der Waals surface area contributed by atoms with Gasteiger partial charge in [-0.25, -0.2) is 22.5 Å². The topological polar surface area (TPSA) is 41.1 Å². The molecule has 2 aromatic carbocycles. The molecule has 1 N–H and O–H groups in total. The van der Waals surface area contributed by atoms with Crippen molar-refractivity contribution in [2.45, 2.75) is 51.6 Å². The second-order valence-electron chi connectivity index (χ2n) is 10.4. The van der Waals surface area contributed by atoms with Crippen LogP contribution in [0.3, 0.4) is 0 Å². The first-order chi connectivity index (χ1) is 18.4. The minimum absolute atomic E-state index is 0.0109. The van der Waals surface area contributed by atoms with Gasteiger partial charge in [0.25, 0.3) is 0 Å². The number of aromatic nitrogens is 2. The molecule has 3 heterocycles. The van der Waals surface area contributed by atoms with Crippen molar-refractivity contribution in [2.75, 3.05) is 42.9 Å². The molecule has 2 aliphatic heterocycles. The molecule has 1 aromatic heterocycles. The molecule has 38 heavy (non-hydrogen) atoms. The van der Waals surface area contributed by atoms with E-state index in [4.69, 9.17) is 4.98 Å². The molecule has 2 aliphatic rings. The molecule has 0 unspecified atom stereocenters. The second-order valence-corrected chi connectivity index (χ2v) is 10.4. The highest BCUT2D eigenvalue weighted by atomic mass is 19.1. The zero-order valence-corrected chi connectivity index (χ0v) is 21.7. The molecule has 5 nitrogen and oxygen atoms in total. The van der Waals surface area contributed by atoms with Crippen LogP contribution in [0.2, 0.25) is 0 Å². The van der Waals surface area contributed by atoms with Crippen LogP contribution in [0.1, 0.15) is 44.6 Å². The summed E-state index contributed by atoms with van der Waals surface area (Å²) in [5, 5.41) is 3.08. The zero-order valence-electron chi connectivity index (χ0n) is 21.7. The summed E-state index contributed by atoms with van der Waals surface area (Å²) >= 11 is 0. The maximum Gasteiger partial charge on any atom is 0.227 e. The minimum atomic E-state index is -0.742. The van der Waals surface area contributed by atoms with Crippen LogP contribution >= 0.6 is 0 Å². The van der Waals surface area contributed by atoms with E-state index in [0.717, 1.165) is 44.6 Å². The number of piperidine rings is 2. The number of nitrogens with zero attached hydrogens (tertiary/aromatic N) is 4. The lowest BCUT2D eigenvalue weighted by Crippen LogP contribution is -2.60. The average molecular weight is 529 g/mol. The smallest absolute Gasteiger partial charge is 0.227 e.